The lowest BCUT2D eigenvalue weighted by Gasteiger charge is -2.40. The van der Waals surface area contributed by atoms with Gasteiger partial charge in [0.2, 0.25) is 11.8 Å². The van der Waals surface area contributed by atoms with E-state index in [1.807, 2.05) is 29.2 Å². The molecule has 0 bridgehead atoms. The van der Waals surface area contributed by atoms with Gasteiger partial charge in [0.1, 0.15) is 5.82 Å². The Labute approximate surface area is 192 Å². The molecule has 0 spiro atoms. The summed E-state index contributed by atoms with van der Waals surface area (Å²) in [5, 5.41) is 8.68. The number of hydrogen-bond acceptors (Lipinski definition) is 7. The van der Waals surface area contributed by atoms with Crippen LogP contribution in [0.1, 0.15) is 43.8 Å². The highest BCUT2D eigenvalue weighted by Gasteiger charge is 2.27. The second-order valence-electron chi connectivity index (χ2n) is 8.66. The molecule has 8 nitrogen and oxygen atoms in total. The van der Waals surface area contributed by atoms with Crippen LogP contribution in [0.3, 0.4) is 0 Å². The first-order valence-electron chi connectivity index (χ1n) is 11.7. The minimum absolute atomic E-state index is 0.153. The highest BCUT2D eigenvalue weighted by atomic mass is 32.2. The predicted octanol–water partition coefficient (Wildman–Crippen LogP) is 3.30. The third kappa shape index (κ3) is 5.15. The van der Waals surface area contributed by atoms with Crippen LogP contribution >= 0.6 is 11.8 Å². The van der Waals surface area contributed by atoms with Crippen molar-refractivity contribution in [2.24, 2.45) is 0 Å². The zero-order chi connectivity index (χ0) is 21.8. The van der Waals surface area contributed by atoms with E-state index in [1.54, 1.807) is 0 Å². The molecule has 2 aromatic heterocycles. The van der Waals surface area contributed by atoms with Gasteiger partial charge in [0.25, 0.3) is 5.22 Å². The molecule has 9 heteroatoms. The summed E-state index contributed by atoms with van der Waals surface area (Å²) in [6.07, 6.45) is 8.04. The maximum Gasteiger partial charge on any atom is 0.277 e. The number of para-hydroxylation sites is 2. The molecule has 0 radical (unpaired) electrons. The van der Waals surface area contributed by atoms with Gasteiger partial charge in [-0.2, -0.15) is 0 Å². The molecule has 5 rings (SSSR count). The largest absolute Gasteiger partial charge is 0.416 e. The number of H-pyrrole nitrogens is 1. The van der Waals surface area contributed by atoms with E-state index in [-0.39, 0.29) is 5.91 Å². The van der Waals surface area contributed by atoms with Gasteiger partial charge in [-0.1, -0.05) is 43.2 Å². The summed E-state index contributed by atoms with van der Waals surface area (Å²) in [7, 11) is 0. The molecule has 1 amide bonds. The molecule has 32 heavy (non-hydrogen) atoms. The normalized spacial score (nSPS) is 18.4. The van der Waals surface area contributed by atoms with Crippen LogP contribution in [0.15, 0.2) is 33.9 Å². The summed E-state index contributed by atoms with van der Waals surface area (Å²) in [6.45, 7) is 3.63. The van der Waals surface area contributed by atoms with Crippen LogP contribution in [0.5, 0.6) is 0 Å². The van der Waals surface area contributed by atoms with Gasteiger partial charge in [0.15, 0.2) is 0 Å². The fourth-order valence-electron chi connectivity index (χ4n) is 4.74. The fourth-order valence-corrected chi connectivity index (χ4v) is 5.43. The van der Waals surface area contributed by atoms with Crippen molar-refractivity contribution in [3.63, 3.8) is 0 Å². The molecule has 0 unspecified atom stereocenters. The number of imidazole rings is 1. The molecule has 1 aromatic carbocycles. The number of fused-ring (bicyclic) bond motifs is 1. The minimum Gasteiger partial charge on any atom is -0.416 e. The van der Waals surface area contributed by atoms with Crippen molar-refractivity contribution in [2.45, 2.75) is 56.2 Å². The number of thioether (sulfide) groups is 1. The lowest BCUT2D eigenvalue weighted by atomic mass is 9.94. The average molecular weight is 455 g/mol. The SMILES string of the molecule is O=C(CSc1nnc(CCc2nc3ccccc3[nH]2)o1)N1CCN(C2CCCCC2)CC1. The Bertz CT molecular complexity index is 1000. The van der Waals surface area contributed by atoms with E-state index >= 15 is 0 Å². The maximum atomic E-state index is 12.6. The molecule has 2 fully saturated rings. The lowest BCUT2D eigenvalue weighted by molar-refractivity contribution is -0.130. The van der Waals surface area contributed by atoms with Gasteiger partial charge >= 0.3 is 0 Å². The number of carbonyl (C=O) groups is 1. The topological polar surface area (TPSA) is 91.1 Å². The molecule has 3 heterocycles. The van der Waals surface area contributed by atoms with Crippen molar-refractivity contribution in [1.82, 2.24) is 30.0 Å². The number of nitrogens with one attached hydrogen (secondary N) is 1. The van der Waals surface area contributed by atoms with Gasteiger partial charge < -0.3 is 14.3 Å². The third-order valence-electron chi connectivity index (χ3n) is 6.54. The number of nitrogens with zero attached hydrogens (tertiary/aromatic N) is 5. The molecule has 1 N–H and O–H groups in total. The quantitative estimate of drug-likeness (QED) is 0.548. The van der Waals surface area contributed by atoms with Crippen molar-refractivity contribution >= 4 is 28.7 Å². The molecule has 1 saturated heterocycles. The van der Waals surface area contributed by atoms with Crippen LogP contribution in [0.25, 0.3) is 11.0 Å². The highest BCUT2D eigenvalue weighted by Crippen LogP contribution is 2.24. The van der Waals surface area contributed by atoms with Gasteiger partial charge in [-0.15, -0.1) is 10.2 Å². The van der Waals surface area contributed by atoms with Crippen molar-refractivity contribution < 1.29 is 9.21 Å². The maximum absolute atomic E-state index is 12.6. The average Bonchev–Trinajstić information content (AvgIpc) is 3.48. The van der Waals surface area contributed by atoms with Crippen LogP contribution < -0.4 is 0 Å². The summed E-state index contributed by atoms with van der Waals surface area (Å²) < 4.78 is 5.73. The molecule has 1 aliphatic carbocycles. The molecular formula is C23H30N6O2S. The van der Waals surface area contributed by atoms with Crippen LogP contribution in [0, 0.1) is 0 Å². The van der Waals surface area contributed by atoms with Gasteiger partial charge in [-0.05, 0) is 25.0 Å². The molecule has 3 aromatic rings. The highest BCUT2D eigenvalue weighted by molar-refractivity contribution is 7.99. The summed E-state index contributed by atoms with van der Waals surface area (Å²) in [5.74, 6) is 1.97. The second-order valence-corrected chi connectivity index (χ2v) is 9.59. The van der Waals surface area contributed by atoms with E-state index in [4.69, 9.17) is 4.42 Å². The fraction of sp³-hybridized carbons (Fsp3) is 0.565. The van der Waals surface area contributed by atoms with Crippen molar-refractivity contribution in [3.8, 4) is 0 Å². The van der Waals surface area contributed by atoms with Crippen LogP contribution in [0.2, 0.25) is 0 Å². The molecule has 0 atom stereocenters. The summed E-state index contributed by atoms with van der Waals surface area (Å²) in [5.41, 5.74) is 1.99. The number of aryl methyl sites for hydroxylation is 2. The Balaban J connectivity index is 1.05. The van der Waals surface area contributed by atoms with E-state index in [1.165, 1.54) is 43.9 Å². The van der Waals surface area contributed by atoms with Crippen LogP contribution in [-0.4, -0.2) is 73.8 Å². The van der Waals surface area contributed by atoms with Crippen LogP contribution in [-0.2, 0) is 17.6 Å². The Morgan fingerprint density at radius 3 is 2.69 bits per heavy atom. The molecule has 170 valence electrons. The minimum atomic E-state index is 0.153. The van der Waals surface area contributed by atoms with E-state index in [0.29, 0.717) is 29.7 Å². The summed E-state index contributed by atoms with van der Waals surface area (Å²) in [4.78, 5) is 25.1. The van der Waals surface area contributed by atoms with Crippen molar-refractivity contribution in [3.05, 3.63) is 36.0 Å². The van der Waals surface area contributed by atoms with E-state index < -0.39 is 0 Å². The summed E-state index contributed by atoms with van der Waals surface area (Å²) in [6, 6.07) is 8.70. The monoisotopic (exact) mass is 454 g/mol. The van der Waals surface area contributed by atoms with E-state index in [0.717, 1.165) is 49.1 Å². The zero-order valence-electron chi connectivity index (χ0n) is 18.3. The standard InChI is InChI=1S/C23H30N6O2S/c30-22(29-14-12-28(13-15-29)17-6-2-1-3-7-17)16-32-23-27-26-21(31-23)11-10-20-24-18-8-4-5-9-19(18)25-20/h4-5,8-9,17H,1-3,6-7,10-16H2,(H,24,25). The number of aromatic amines is 1. The number of benzene rings is 1. The Kier molecular flexibility index (Phi) is 6.73. The second kappa shape index (κ2) is 10.0. The van der Waals surface area contributed by atoms with Gasteiger partial charge in [0, 0.05) is 45.1 Å². The number of aromatic nitrogens is 4. The number of rotatable bonds is 7. The molecular weight excluding hydrogens is 424 g/mol. The van der Waals surface area contributed by atoms with Crippen molar-refractivity contribution in [1.29, 1.82) is 0 Å². The Hall–Kier alpha value is -2.39. The van der Waals surface area contributed by atoms with Crippen molar-refractivity contribution in [2.75, 3.05) is 31.9 Å². The van der Waals surface area contributed by atoms with Crippen LogP contribution in [0.4, 0.5) is 0 Å². The first-order chi connectivity index (χ1) is 15.7. The molecule has 2 aliphatic rings. The van der Waals surface area contributed by atoms with Gasteiger partial charge in [-0.3, -0.25) is 9.69 Å². The summed E-state index contributed by atoms with van der Waals surface area (Å²) >= 11 is 1.33. The number of piperazine rings is 1. The molecule has 1 aliphatic heterocycles. The number of carbonyl (C=O) groups excluding carboxylic acids is 1. The first kappa shape index (κ1) is 21.5. The zero-order valence-corrected chi connectivity index (χ0v) is 19.1. The Morgan fingerprint density at radius 1 is 1.06 bits per heavy atom. The first-order valence-corrected chi connectivity index (χ1v) is 12.6. The van der Waals surface area contributed by atoms with E-state index in [2.05, 4.69) is 25.1 Å². The van der Waals surface area contributed by atoms with Gasteiger partial charge in [-0.25, -0.2) is 4.98 Å². The Morgan fingerprint density at radius 2 is 1.88 bits per heavy atom. The molecule has 1 saturated carbocycles. The lowest BCUT2D eigenvalue weighted by Crippen LogP contribution is -2.52. The van der Waals surface area contributed by atoms with Gasteiger partial charge in [0.05, 0.1) is 16.8 Å². The smallest absolute Gasteiger partial charge is 0.277 e. The third-order valence-corrected chi connectivity index (χ3v) is 7.34. The number of hydrogen-bond donors (Lipinski definition) is 1. The van der Waals surface area contributed by atoms with E-state index in [9.17, 15) is 4.79 Å². The predicted molar refractivity (Wildman–Crippen MR) is 124 cm³/mol. The number of amides is 1.